The van der Waals surface area contributed by atoms with Crippen molar-refractivity contribution in [3.63, 3.8) is 0 Å². The Morgan fingerprint density at radius 3 is 2.68 bits per heavy atom. The highest BCUT2D eigenvalue weighted by molar-refractivity contribution is 5.83. The maximum atomic E-state index is 12.5. The number of ether oxygens (including phenoxy) is 1. The van der Waals surface area contributed by atoms with Crippen molar-refractivity contribution in [2.75, 3.05) is 19.7 Å². The SMILES string of the molecule is CC(C(=O)NC1(C#N)CCCCC1)N1CCOC(C(N)=O)C1. The van der Waals surface area contributed by atoms with Gasteiger partial charge in [-0.1, -0.05) is 19.3 Å². The minimum Gasteiger partial charge on any atom is -0.367 e. The van der Waals surface area contributed by atoms with E-state index in [0.717, 1.165) is 19.3 Å². The first-order valence-electron chi connectivity index (χ1n) is 7.86. The molecule has 1 saturated carbocycles. The van der Waals surface area contributed by atoms with Gasteiger partial charge in [-0.25, -0.2) is 0 Å². The summed E-state index contributed by atoms with van der Waals surface area (Å²) in [6.07, 6.45) is 3.76. The molecule has 1 aliphatic heterocycles. The molecule has 0 radical (unpaired) electrons. The second-order valence-electron chi connectivity index (χ2n) is 6.18. The molecular weight excluding hydrogens is 284 g/mol. The summed E-state index contributed by atoms with van der Waals surface area (Å²) in [4.78, 5) is 25.6. The van der Waals surface area contributed by atoms with Crippen molar-refractivity contribution in [3.05, 3.63) is 0 Å². The lowest BCUT2D eigenvalue weighted by molar-refractivity contribution is -0.141. The molecule has 2 rings (SSSR count). The number of nitrogens with two attached hydrogens (primary N) is 1. The number of hydrogen-bond acceptors (Lipinski definition) is 5. The Kier molecular flexibility index (Phi) is 5.37. The zero-order valence-electron chi connectivity index (χ0n) is 13.0. The van der Waals surface area contributed by atoms with Gasteiger partial charge in [0, 0.05) is 13.1 Å². The highest BCUT2D eigenvalue weighted by Crippen LogP contribution is 2.27. The Bertz CT molecular complexity index is 468. The van der Waals surface area contributed by atoms with E-state index in [2.05, 4.69) is 11.4 Å². The highest BCUT2D eigenvalue weighted by Gasteiger charge is 2.37. The van der Waals surface area contributed by atoms with E-state index in [4.69, 9.17) is 10.5 Å². The molecule has 2 amide bonds. The highest BCUT2D eigenvalue weighted by atomic mass is 16.5. The largest absolute Gasteiger partial charge is 0.367 e. The lowest BCUT2D eigenvalue weighted by Gasteiger charge is -2.37. The number of primary amides is 1. The lowest BCUT2D eigenvalue weighted by atomic mass is 9.82. The van der Waals surface area contributed by atoms with Gasteiger partial charge in [0.05, 0.1) is 18.7 Å². The molecule has 0 aromatic heterocycles. The second kappa shape index (κ2) is 7.07. The van der Waals surface area contributed by atoms with Crippen LogP contribution in [0, 0.1) is 11.3 Å². The molecule has 0 bridgehead atoms. The molecule has 1 aliphatic carbocycles. The Morgan fingerprint density at radius 1 is 1.41 bits per heavy atom. The van der Waals surface area contributed by atoms with E-state index in [1.165, 1.54) is 0 Å². The number of carbonyl (C=O) groups excluding carboxylic acids is 2. The summed E-state index contributed by atoms with van der Waals surface area (Å²) in [6, 6.07) is 1.87. The zero-order chi connectivity index (χ0) is 16.2. The Labute approximate surface area is 130 Å². The lowest BCUT2D eigenvalue weighted by Crippen LogP contribution is -2.58. The van der Waals surface area contributed by atoms with E-state index in [-0.39, 0.29) is 5.91 Å². The predicted octanol–water partition coefficient (Wildman–Crippen LogP) is -0.0963. The molecule has 1 saturated heterocycles. The number of nitriles is 1. The van der Waals surface area contributed by atoms with Gasteiger partial charge in [-0.3, -0.25) is 14.5 Å². The Hall–Kier alpha value is -1.65. The van der Waals surface area contributed by atoms with Crippen molar-refractivity contribution >= 4 is 11.8 Å². The van der Waals surface area contributed by atoms with E-state index < -0.39 is 23.6 Å². The quantitative estimate of drug-likeness (QED) is 0.754. The number of carbonyl (C=O) groups is 2. The minimum absolute atomic E-state index is 0.173. The third kappa shape index (κ3) is 3.76. The van der Waals surface area contributed by atoms with Crippen molar-refractivity contribution in [1.82, 2.24) is 10.2 Å². The topological polar surface area (TPSA) is 108 Å². The van der Waals surface area contributed by atoms with Crippen LogP contribution >= 0.6 is 0 Å². The van der Waals surface area contributed by atoms with E-state index >= 15 is 0 Å². The van der Waals surface area contributed by atoms with Gasteiger partial charge in [-0.05, 0) is 19.8 Å². The molecule has 22 heavy (non-hydrogen) atoms. The molecule has 1 heterocycles. The molecular formula is C15H24N4O3. The smallest absolute Gasteiger partial charge is 0.247 e. The van der Waals surface area contributed by atoms with Crippen molar-refractivity contribution in [2.24, 2.45) is 5.73 Å². The number of rotatable bonds is 4. The molecule has 0 aromatic carbocycles. The van der Waals surface area contributed by atoms with Gasteiger partial charge in [0.2, 0.25) is 11.8 Å². The predicted molar refractivity (Wildman–Crippen MR) is 79.5 cm³/mol. The van der Waals surface area contributed by atoms with E-state index in [9.17, 15) is 14.9 Å². The second-order valence-corrected chi connectivity index (χ2v) is 6.18. The maximum Gasteiger partial charge on any atom is 0.247 e. The molecule has 0 spiro atoms. The molecule has 3 N–H and O–H groups in total. The third-order valence-electron chi connectivity index (χ3n) is 4.63. The minimum atomic E-state index is -0.737. The van der Waals surface area contributed by atoms with Gasteiger partial charge in [-0.15, -0.1) is 0 Å². The first-order chi connectivity index (χ1) is 10.5. The van der Waals surface area contributed by atoms with Crippen LogP contribution in [0.3, 0.4) is 0 Å². The van der Waals surface area contributed by atoms with Crippen LogP contribution in [-0.2, 0) is 14.3 Å². The van der Waals surface area contributed by atoms with Crippen LogP contribution in [0.2, 0.25) is 0 Å². The van der Waals surface area contributed by atoms with Gasteiger partial charge in [-0.2, -0.15) is 5.26 Å². The fraction of sp³-hybridized carbons (Fsp3) is 0.800. The van der Waals surface area contributed by atoms with Crippen LogP contribution in [0.5, 0.6) is 0 Å². The summed E-state index contributed by atoms with van der Waals surface area (Å²) >= 11 is 0. The molecule has 7 nitrogen and oxygen atoms in total. The standard InChI is InChI=1S/C15H24N4O3/c1-11(19-7-8-22-12(9-19)13(17)20)14(21)18-15(10-16)5-3-2-4-6-15/h11-12H,2-9H2,1H3,(H2,17,20)(H,18,21). The third-order valence-corrected chi connectivity index (χ3v) is 4.63. The van der Waals surface area contributed by atoms with Crippen molar-refractivity contribution in [2.45, 2.75) is 56.7 Å². The fourth-order valence-electron chi connectivity index (χ4n) is 3.12. The van der Waals surface area contributed by atoms with Crippen molar-refractivity contribution in [3.8, 4) is 6.07 Å². The summed E-state index contributed by atoms with van der Waals surface area (Å²) in [7, 11) is 0. The van der Waals surface area contributed by atoms with Gasteiger partial charge in [0.15, 0.2) is 0 Å². The van der Waals surface area contributed by atoms with Crippen LogP contribution in [0.15, 0.2) is 0 Å². The molecule has 2 fully saturated rings. The zero-order valence-corrected chi connectivity index (χ0v) is 13.0. The molecule has 2 atom stereocenters. The fourth-order valence-corrected chi connectivity index (χ4v) is 3.12. The number of nitrogens with one attached hydrogen (secondary N) is 1. The van der Waals surface area contributed by atoms with Crippen LogP contribution in [0.4, 0.5) is 0 Å². The average molecular weight is 308 g/mol. The van der Waals surface area contributed by atoms with Crippen molar-refractivity contribution in [1.29, 1.82) is 5.26 Å². The van der Waals surface area contributed by atoms with Gasteiger partial charge < -0.3 is 15.8 Å². The first kappa shape index (κ1) is 16.7. The van der Waals surface area contributed by atoms with Gasteiger partial charge >= 0.3 is 0 Å². The van der Waals surface area contributed by atoms with Crippen LogP contribution in [0.1, 0.15) is 39.0 Å². The van der Waals surface area contributed by atoms with Crippen LogP contribution < -0.4 is 11.1 Å². The monoisotopic (exact) mass is 308 g/mol. The number of nitrogens with zero attached hydrogens (tertiary/aromatic N) is 2. The summed E-state index contributed by atoms with van der Waals surface area (Å²) in [5.41, 5.74) is 4.53. The number of morpholine rings is 1. The normalized spacial score (nSPS) is 26.6. The molecule has 0 aromatic rings. The van der Waals surface area contributed by atoms with E-state index in [1.54, 1.807) is 6.92 Å². The van der Waals surface area contributed by atoms with Crippen molar-refractivity contribution < 1.29 is 14.3 Å². The Balaban J connectivity index is 1.96. The first-order valence-corrected chi connectivity index (χ1v) is 7.86. The molecule has 2 unspecified atom stereocenters. The molecule has 122 valence electrons. The molecule has 7 heteroatoms. The summed E-state index contributed by atoms with van der Waals surface area (Å²) in [5.74, 6) is -0.688. The number of hydrogen-bond donors (Lipinski definition) is 2. The maximum absolute atomic E-state index is 12.5. The average Bonchev–Trinajstić information content (AvgIpc) is 2.55. The summed E-state index contributed by atoms with van der Waals surface area (Å²) in [5, 5.41) is 12.4. The number of amides is 2. The summed E-state index contributed by atoms with van der Waals surface area (Å²) < 4.78 is 5.29. The van der Waals surface area contributed by atoms with Crippen LogP contribution in [-0.4, -0.2) is 54.1 Å². The Morgan fingerprint density at radius 2 is 2.09 bits per heavy atom. The van der Waals surface area contributed by atoms with Gasteiger partial charge in [0.1, 0.15) is 11.6 Å². The van der Waals surface area contributed by atoms with Gasteiger partial charge in [0.25, 0.3) is 0 Å². The van der Waals surface area contributed by atoms with E-state index in [1.807, 2.05) is 4.90 Å². The molecule has 2 aliphatic rings. The van der Waals surface area contributed by atoms with Crippen LogP contribution in [0.25, 0.3) is 0 Å². The summed E-state index contributed by atoms with van der Waals surface area (Å²) in [6.45, 7) is 3.03. The van der Waals surface area contributed by atoms with E-state index in [0.29, 0.717) is 32.5 Å².